The van der Waals surface area contributed by atoms with Gasteiger partial charge in [-0.05, 0) is 48.4 Å². The van der Waals surface area contributed by atoms with Gasteiger partial charge in [0.25, 0.3) is 11.8 Å². The van der Waals surface area contributed by atoms with Gasteiger partial charge in [-0.1, -0.05) is 49.2 Å². The van der Waals surface area contributed by atoms with Crippen LogP contribution in [-0.2, 0) is 4.79 Å². The number of furan rings is 1. The first kappa shape index (κ1) is 25.0. The quantitative estimate of drug-likeness (QED) is 0.300. The number of amides is 2. The molecule has 8 nitrogen and oxygen atoms in total. The molecule has 0 aliphatic carbocycles. The molecule has 34 heavy (non-hydrogen) atoms. The lowest BCUT2D eigenvalue weighted by Crippen LogP contribution is -2.48. The minimum atomic E-state index is -1.01. The Kier molecular flexibility index (Phi) is 8.09. The second-order valence-corrected chi connectivity index (χ2v) is 8.46. The monoisotopic (exact) mass is 501 g/mol. The summed E-state index contributed by atoms with van der Waals surface area (Å²) in [6.07, 6.45) is 1.32. The maximum Gasteiger partial charge on any atom is 0.335 e. The van der Waals surface area contributed by atoms with Crippen LogP contribution in [0.3, 0.4) is 0 Å². The van der Waals surface area contributed by atoms with E-state index in [1.165, 1.54) is 36.5 Å². The van der Waals surface area contributed by atoms with Crippen molar-refractivity contribution < 1.29 is 23.9 Å². The standard InChI is InChI=1S/C24H21Cl2N3O5/c1-13(2)21(28-22(30)16-7-9-18(25)19(26)11-16)23(31)29-27-12-17-8-10-20(34-17)14-3-5-15(6-4-14)24(32)33/h3-13,21H,1-2H3,(H,28,30)(H,29,31)(H,32,33). The first-order valence-electron chi connectivity index (χ1n) is 10.2. The van der Waals surface area contributed by atoms with Crippen molar-refractivity contribution in [2.75, 3.05) is 0 Å². The van der Waals surface area contributed by atoms with Gasteiger partial charge in [0.1, 0.15) is 17.6 Å². The van der Waals surface area contributed by atoms with E-state index < -0.39 is 23.8 Å². The van der Waals surface area contributed by atoms with Crippen LogP contribution >= 0.6 is 23.2 Å². The second kappa shape index (κ2) is 11.0. The van der Waals surface area contributed by atoms with Crippen molar-refractivity contribution in [1.82, 2.24) is 10.7 Å². The van der Waals surface area contributed by atoms with Gasteiger partial charge in [-0.15, -0.1) is 0 Å². The zero-order valence-corrected chi connectivity index (χ0v) is 19.7. The maximum atomic E-state index is 12.6. The third-order valence-corrected chi connectivity index (χ3v) is 5.57. The van der Waals surface area contributed by atoms with Crippen LogP contribution in [0.25, 0.3) is 11.3 Å². The van der Waals surface area contributed by atoms with Gasteiger partial charge in [0.2, 0.25) is 0 Å². The van der Waals surface area contributed by atoms with Gasteiger partial charge < -0.3 is 14.8 Å². The highest BCUT2D eigenvalue weighted by Gasteiger charge is 2.24. The fraction of sp³-hybridized carbons (Fsp3) is 0.167. The molecule has 1 heterocycles. The highest BCUT2D eigenvalue weighted by atomic mass is 35.5. The predicted octanol–water partition coefficient (Wildman–Crippen LogP) is 4.86. The molecule has 3 aromatic rings. The molecule has 0 bridgehead atoms. The molecule has 0 radical (unpaired) electrons. The molecule has 2 aromatic carbocycles. The first-order chi connectivity index (χ1) is 16.2. The number of carbonyl (C=O) groups is 3. The lowest BCUT2D eigenvalue weighted by molar-refractivity contribution is -0.123. The van der Waals surface area contributed by atoms with E-state index in [0.29, 0.717) is 22.1 Å². The van der Waals surface area contributed by atoms with Gasteiger partial charge in [-0.3, -0.25) is 9.59 Å². The van der Waals surface area contributed by atoms with E-state index in [0.717, 1.165) is 0 Å². The largest absolute Gasteiger partial charge is 0.478 e. The SMILES string of the molecule is CC(C)C(NC(=O)c1ccc(Cl)c(Cl)c1)C(=O)NN=Cc1ccc(-c2ccc(C(=O)O)cc2)o1. The summed E-state index contributed by atoms with van der Waals surface area (Å²) >= 11 is 11.8. The van der Waals surface area contributed by atoms with Crippen molar-refractivity contribution in [3.05, 3.63) is 81.5 Å². The van der Waals surface area contributed by atoms with Crippen molar-refractivity contribution in [3.8, 4) is 11.3 Å². The number of nitrogens with zero attached hydrogens (tertiary/aromatic N) is 1. The molecule has 2 amide bonds. The predicted molar refractivity (Wildman–Crippen MR) is 129 cm³/mol. The van der Waals surface area contributed by atoms with E-state index in [2.05, 4.69) is 15.8 Å². The van der Waals surface area contributed by atoms with E-state index in [9.17, 15) is 14.4 Å². The number of hydrogen-bond acceptors (Lipinski definition) is 5. The normalized spacial score (nSPS) is 12.0. The van der Waals surface area contributed by atoms with Crippen LogP contribution in [0, 0.1) is 5.92 Å². The zero-order chi connectivity index (χ0) is 24.8. The van der Waals surface area contributed by atoms with Crippen LogP contribution in [0.1, 0.15) is 40.3 Å². The smallest absolute Gasteiger partial charge is 0.335 e. The molecule has 10 heteroatoms. The number of nitrogens with one attached hydrogen (secondary N) is 2. The van der Waals surface area contributed by atoms with Crippen molar-refractivity contribution in [2.45, 2.75) is 19.9 Å². The van der Waals surface area contributed by atoms with Crippen LogP contribution in [0.15, 0.2) is 64.1 Å². The molecule has 0 aliphatic heterocycles. The van der Waals surface area contributed by atoms with Gasteiger partial charge >= 0.3 is 5.97 Å². The highest BCUT2D eigenvalue weighted by Crippen LogP contribution is 2.23. The summed E-state index contributed by atoms with van der Waals surface area (Å²) < 4.78 is 5.66. The molecule has 0 fully saturated rings. The van der Waals surface area contributed by atoms with Crippen LogP contribution in [0.4, 0.5) is 0 Å². The Morgan fingerprint density at radius 2 is 1.65 bits per heavy atom. The second-order valence-electron chi connectivity index (χ2n) is 7.64. The van der Waals surface area contributed by atoms with Crippen molar-refractivity contribution in [3.63, 3.8) is 0 Å². The van der Waals surface area contributed by atoms with Crippen LogP contribution in [0.2, 0.25) is 10.0 Å². The minimum absolute atomic E-state index is 0.172. The molecule has 176 valence electrons. The number of carbonyl (C=O) groups excluding carboxylic acids is 2. The highest BCUT2D eigenvalue weighted by molar-refractivity contribution is 6.42. The van der Waals surface area contributed by atoms with Crippen molar-refractivity contribution in [1.29, 1.82) is 0 Å². The number of halogens is 2. The van der Waals surface area contributed by atoms with Gasteiger partial charge in [-0.25, -0.2) is 10.2 Å². The van der Waals surface area contributed by atoms with Crippen molar-refractivity contribution >= 4 is 47.2 Å². The van der Waals surface area contributed by atoms with Crippen LogP contribution in [0.5, 0.6) is 0 Å². The third kappa shape index (κ3) is 6.24. The number of carboxylic acids is 1. The van der Waals surface area contributed by atoms with E-state index in [-0.39, 0.29) is 22.1 Å². The lowest BCUT2D eigenvalue weighted by Gasteiger charge is -2.20. The summed E-state index contributed by atoms with van der Waals surface area (Å²) in [4.78, 5) is 36.1. The summed E-state index contributed by atoms with van der Waals surface area (Å²) in [5, 5.41) is 16.1. The number of aromatic carboxylic acids is 1. The van der Waals surface area contributed by atoms with Gasteiger partial charge in [0.15, 0.2) is 0 Å². The molecule has 0 aliphatic rings. The Labute approximate surface area is 205 Å². The molecule has 3 rings (SSSR count). The summed E-state index contributed by atoms with van der Waals surface area (Å²) in [6.45, 7) is 3.58. The summed E-state index contributed by atoms with van der Waals surface area (Å²) in [7, 11) is 0. The van der Waals surface area contributed by atoms with E-state index in [1.54, 1.807) is 38.1 Å². The van der Waals surface area contributed by atoms with E-state index >= 15 is 0 Å². The summed E-state index contributed by atoms with van der Waals surface area (Å²) in [5.74, 6) is -1.32. The molecule has 1 atom stereocenters. The molecular weight excluding hydrogens is 481 g/mol. The molecule has 3 N–H and O–H groups in total. The fourth-order valence-corrected chi connectivity index (χ4v) is 3.28. The number of hydrogen-bond donors (Lipinski definition) is 3. The van der Waals surface area contributed by atoms with E-state index in [4.69, 9.17) is 32.7 Å². The molecular formula is C24H21Cl2N3O5. The average Bonchev–Trinajstić information content (AvgIpc) is 3.27. The molecule has 1 unspecified atom stereocenters. The zero-order valence-electron chi connectivity index (χ0n) is 18.2. The summed E-state index contributed by atoms with van der Waals surface area (Å²) in [5.41, 5.74) is 3.54. The molecule has 0 spiro atoms. The Morgan fingerprint density at radius 1 is 0.971 bits per heavy atom. The Balaban J connectivity index is 1.62. The van der Waals surface area contributed by atoms with Crippen LogP contribution in [-0.4, -0.2) is 35.1 Å². The minimum Gasteiger partial charge on any atom is -0.478 e. The Bertz CT molecular complexity index is 1240. The number of carboxylic acid groups (broad SMARTS) is 1. The summed E-state index contributed by atoms with van der Waals surface area (Å²) in [6, 6.07) is 13.2. The third-order valence-electron chi connectivity index (χ3n) is 4.83. The average molecular weight is 502 g/mol. The van der Waals surface area contributed by atoms with Crippen molar-refractivity contribution in [2.24, 2.45) is 11.0 Å². The fourth-order valence-electron chi connectivity index (χ4n) is 2.98. The number of benzene rings is 2. The van der Waals surface area contributed by atoms with Gasteiger partial charge in [-0.2, -0.15) is 5.10 Å². The molecule has 0 saturated carbocycles. The Morgan fingerprint density at radius 3 is 2.26 bits per heavy atom. The van der Waals surface area contributed by atoms with Crippen LogP contribution < -0.4 is 10.7 Å². The lowest BCUT2D eigenvalue weighted by atomic mass is 10.0. The molecule has 1 aromatic heterocycles. The Hall–Kier alpha value is -3.62. The van der Waals surface area contributed by atoms with E-state index in [1.807, 2.05) is 0 Å². The van der Waals surface area contributed by atoms with Gasteiger partial charge in [0, 0.05) is 11.1 Å². The topological polar surface area (TPSA) is 121 Å². The first-order valence-corrected chi connectivity index (χ1v) is 10.9. The number of rotatable bonds is 8. The van der Waals surface area contributed by atoms with Gasteiger partial charge in [0.05, 0.1) is 21.8 Å². The maximum absolute atomic E-state index is 12.6. The number of hydrazone groups is 1. The molecule has 0 saturated heterocycles.